The van der Waals surface area contributed by atoms with Crippen LogP contribution in [-0.2, 0) is 9.59 Å². The molecule has 0 aliphatic carbocycles. The van der Waals surface area contributed by atoms with E-state index in [-0.39, 0.29) is 5.57 Å². The molecule has 4 rings (SSSR count). The Morgan fingerprint density at radius 3 is 2.37 bits per heavy atom. The number of pyridine rings is 1. The smallest absolute Gasteiger partial charge is 0.303 e. The molecule has 1 aromatic carbocycles. The maximum atomic E-state index is 13.1. The number of urea groups is 1. The summed E-state index contributed by atoms with van der Waals surface area (Å²) >= 11 is 0. The number of benzene rings is 1. The summed E-state index contributed by atoms with van der Waals surface area (Å²) in [6.45, 7) is 5.73. The zero-order chi connectivity index (χ0) is 21.4. The third-order valence-electron chi connectivity index (χ3n) is 5.04. The van der Waals surface area contributed by atoms with Gasteiger partial charge in [0, 0.05) is 17.6 Å². The highest BCUT2D eigenvalue weighted by molar-refractivity contribution is 6.39. The van der Waals surface area contributed by atoms with Crippen molar-refractivity contribution in [2.75, 3.05) is 4.90 Å². The molecule has 0 unspecified atom stereocenters. The zero-order valence-electron chi connectivity index (χ0n) is 16.8. The number of carbonyl (C=O) groups is 3. The summed E-state index contributed by atoms with van der Waals surface area (Å²) in [5.74, 6) is -0.626. The molecule has 3 aromatic rings. The Bertz CT molecular complexity index is 1190. The highest BCUT2D eigenvalue weighted by Gasteiger charge is 2.37. The van der Waals surface area contributed by atoms with Gasteiger partial charge in [0.15, 0.2) is 0 Å². The molecule has 1 N–H and O–H groups in total. The molecule has 1 saturated heterocycles. The molecule has 1 aliphatic rings. The topological polar surface area (TPSA) is 84.3 Å². The molecule has 0 spiro atoms. The lowest BCUT2D eigenvalue weighted by molar-refractivity contribution is -0.122. The van der Waals surface area contributed by atoms with Crippen LogP contribution in [0.3, 0.4) is 0 Å². The number of aryl methyl sites for hydroxylation is 2. The van der Waals surface area contributed by atoms with Crippen LogP contribution in [0.5, 0.6) is 0 Å². The number of nitrogens with one attached hydrogen (secondary N) is 1. The third-order valence-corrected chi connectivity index (χ3v) is 5.04. The van der Waals surface area contributed by atoms with Gasteiger partial charge in [-0.1, -0.05) is 23.8 Å². The minimum atomic E-state index is -0.759. The van der Waals surface area contributed by atoms with Gasteiger partial charge in [-0.2, -0.15) is 0 Å². The first kappa shape index (κ1) is 19.3. The van der Waals surface area contributed by atoms with Crippen LogP contribution < -0.4 is 10.2 Å². The number of amides is 4. The van der Waals surface area contributed by atoms with E-state index >= 15 is 0 Å². The standard InChI is InChI=1S/C23H20N4O3/c1-14-7-9-18(10-8-14)27-22(29)19(21(28)25-23(27)30)13-17-12-15(2)26(16(17)3)20-6-4-5-11-24-20/h4-13H,1-3H3,(H,25,28,30)/b19-13+. The van der Waals surface area contributed by atoms with Crippen molar-refractivity contribution >= 4 is 29.6 Å². The number of anilines is 1. The van der Waals surface area contributed by atoms with Crippen LogP contribution in [0.4, 0.5) is 10.5 Å². The number of nitrogens with zero attached hydrogens (tertiary/aromatic N) is 3. The number of carbonyl (C=O) groups excluding carboxylic acids is 3. The van der Waals surface area contributed by atoms with Crippen LogP contribution in [0.15, 0.2) is 60.3 Å². The summed E-state index contributed by atoms with van der Waals surface area (Å²) in [6, 6.07) is 13.7. The highest BCUT2D eigenvalue weighted by atomic mass is 16.2. The zero-order valence-corrected chi connectivity index (χ0v) is 16.8. The minimum Gasteiger partial charge on any atom is -0.303 e. The monoisotopic (exact) mass is 400 g/mol. The van der Waals surface area contributed by atoms with E-state index in [1.807, 2.05) is 49.6 Å². The molecular formula is C23H20N4O3. The van der Waals surface area contributed by atoms with Gasteiger partial charge in [0.05, 0.1) is 5.69 Å². The molecule has 30 heavy (non-hydrogen) atoms. The lowest BCUT2D eigenvalue weighted by Gasteiger charge is -2.26. The molecule has 150 valence electrons. The number of rotatable bonds is 3. The molecule has 0 atom stereocenters. The molecule has 7 heteroatoms. The van der Waals surface area contributed by atoms with Gasteiger partial charge < -0.3 is 4.57 Å². The van der Waals surface area contributed by atoms with Crippen molar-refractivity contribution in [3.05, 3.63) is 82.8 Å². The average Bonchev–Trinajstić information content (AvgIpc) is 3.00. The molecule has 1 aliphatic heterocycles. The fourth-order valence-electron chi connectivity index (χ4n) is 3.51. The Kier molecular flexibility index (Phi) is 4.79. The SMILES string of the molecule is Cc1ccc(N2C(=O)NC(=O)/C(=C\c3cc(C)n(-c4ccccn4)c3C)C2=O)cc1. The molecule has 0 bridgehead atoms. The van der Waals surface area contributed by atoms with E-state index < -0.39 is 17.8 Å². The lowest BCUT2D eigenvalue weighted by atomic mass is 10.1. The molecule has 0 radical (unpaired) electrons. The first-order valence-corrected chi connectivity index (χ1v) is 9.45. The molecular weight excluding hydrogens is 380 g/mol. The summed E-state index contributed by atoms with van der Waals surface area (Å²) in [6.07, 6.45) is 3.22. The second-order valence-corrected chi connectivity index (χ2v) is 7.14. The van der Waals surface area contributed by atoms with Gasteiger partial charge in [-0.15, -0.1) is 0 Å². The molecule has 1 fully saturated rings. The molecule has 7 nitrogen and oxygen atoms in total. The van der Waals surface area contributed by atoms with Crippen LogP contribution in [0.2, 0.25) is 0 Å². The maximum absolute atomic E-state index is 13.1. The second-order valence-electron chi connectivity index (χ2n) is 7.14. The van der Waals surface area contributed by atoms with Gasteiger partial charge in [-0.25, -0.2) is 14.7 Å². The third kappa shape index (κ3) is 3.30. The summed E-state index contributed by atoms with van der Waals surface area (Å²) in [5, 5.41) is 2.26. The normalized spacial score (nSPS) is 15.6. The lowest BCUT2D eigenvalue weighted by Crippen LogP contribution is -2.54. The van der Waals surface area contributed by atoms with E-state index in [2.05, 4.69) is 10.3 Å². The Morgan fingerprint density at radius 1 is 0.967 bits per heavy atom. The summed E-state index contributed by atoms with van der Waals surface area (Å²) in [7, 11) is 0. The Hall–Kier alpha value is -4.00. The number of barbiturate groups is 1. The fourth-order valence-corrected chi connectivity index (χ4v) is 3.51. The average molecular weight is 400 g/mol. The summed E-state index contributed by atoms with van der Waals surface area (Å²) < 4.78 is 1.94. The van der Waals surface area contributed by atoms with Crippen LogP contribution in [0, 0.1) is 20.8 Å². The van der Waals surface area contributed by atoms with Crippen molar-refractivity contribution in [1.29, 1.82) is 0 Å². The maximum Gasteiger partial charge on any atom is 0.335 e. The largest absolute Gasteiger partial charge is 0.335 e. The van der Waals surface area contributed by atoms with E-state index in [1.54, 1.807) is 30.5 Å². The van der Waals surface area contributed by atoms with Crippen molar-refractivity contribution in [3.63, 3.8) is 0 Å². The van der Waals surface area contributed by atoms with E-state index in [4.69, 9.17) is 0 Å². The van der Waals surface area contributed by atoms with Crippen molar-refractivity contribution < 1.29 is 14.4 Å². The molecule has 0 saturated carbocycles. The Morgan fingerprint density at radius 2 is 1.70 bits per heavy atom. The van der Waals surface area contributed by atoms with Gasteiger partial charge in [-0.05, 0) is 62.7 Å². The van der Waals surface area contributed by atoms with Crippen LogP contribution in [0.1, 0.15) is 22.5 Å². The van der Waals surface area contributed by atoms with E-state index in [0.717, 1.165) is 27.7 Å². The van der Waals surface area contributed by atoms with Crippen LogP contribution in [-0.4, -0.2) is 27.4 Å². The van der Waals surface area contributed by atoms with Gasteiger partial charge in [-0.3, -0.25) is 14.9 Å². The van der Waals surface area contributed by atoms with E-state index in [9.17, 15) is 14.4 Å². The summed E-state index contributed by atoms with van der Waals surface area (Å²) in [4.78, 5) is 43.2. The second kappa shape index (κ2) is 7.44. The van der Waals surface area contributed by atoms with Crippen LogP contribution in [0.25, 0.3) is 11.9 Å². The number of hydrogen-bond donors (Lipinski definition) is 1. The number of imide groups is 2. The predicted octanol–water partition coefficient (Wildman–Crippen LogP) is 3.46. The van der Waals surface area contributed by atoms with Crippen molar-refractivity contribution in [3.8, 4) is 5.82 Å². The number of hydrogen-bond acceptors (Lipinski definition) is 4. The van der Waals surface area contributed by atoms with Crippen molar-refractivity contribution in [2.24, 2.45) is 0 Å². The quantitative estimate of drug-likeness (QED) is 0.539. The predicted molar refractivity (Wildman–Crippen MR) is 113 cm³/mol. The van der Waals surface area contributed by atoms with E-state index in [1.165, 1.54) is 6.08 Å². The minimum absolute atomic E-state index is 0.101. The first-order chi connectivity index (χ1) is 14.4. The van der Waals surface area contributed by atoms with Gasteiger partial charge in [0.2, 0.25) is 0 Å². The van der Waals surface area contributed by atoms with Crippen LogP contribution >= 0.6 is 0 Å². The molecule has 4 amide bonds. The van der Waals surface area contributed by atoms with E-state index in [0.29, 0.717) is 11.3 Å². The Balaban J connectivity index is 1.76. The molecule has 3 heterocycles. The first-order valence-electron chi connectivity index (χ1n) is 9.45. The fraction of sp³-hybridized carbons (Fsp3) is 0.130. The molecule has 2 aromatic heterocycles. The number of aromatic nitrogens is 2. The van der Waals surface area contributed by atoms with Gasteiger partial charge in [0.25, 0.3) is 11.8 Å². The van der Waals surface area contributed by atoms with Crippen molar-refractivity contribution in [1.82, 2.24) is 14.9 Å². The highest BCUT2D eigenvalue weighted by Crippen LogP contribution is 2.25. The summed E-state index contributed by atoms with van der Waals surface area (Å²) in [5.41, 5.74) is 3.75. The van der Waals surface area contributed by atoms with Crippen molar-refractivity contribution in [2.45, 2.75) is 20.8 Å². The van der Waals surface area contributed by atoms with Gasteiger partial charge in [0.1, 0.15) is 11.4 Å². The Labute approximate surface area is 173 Å². The van der Waals surface area contributed by atoms with Gasteiger partial charge >= 0.3 is 6.03 Å².